The van der Waals surface area contributed by atoms with Crippen LogP contribution in [0.5, 0.6) is 5.75 Å². The lowest BCUT2D eigenvalue weighted by molar-refractivity contribution is -0.185. The molecule has 0 amide bonds. The van der Waals surface area contributed by atoms with Crippen molar-refractivity contribution in [3.05, 3.63) is 41.5 Å². The number of rotatable bonds is 6. The van der Waals surface area contributed by atoms with Crippen LogP contribution in [-0.4, -0.2) is 42.8 Å². The predicted molar refractivity (Wildman–Crippen MR) is 138 cm³/mol. The second-order valence-electron chi connectivity index (χ2n) is 11.6. The van der Waals surface area contributed by atoms with Crippen molar-refractivity contribution in [1.82, 2.24) is 4.90 Å². The van der Waals surface area contributed by atoms with Gasteiger partial charge in [0.25, 0.3) is 6.43 Å². The largest absolute Gasteiger partial charge is 0.490 e. The summed E-state index contributed by atoms with van der Waals surface area (Å²) in [5.74, 6) is -1.09. The fraction of sp³-hybridized carbons (Fsp3) is 0.633. The highest BCUT2D eigenvalue weighted by Gasteiger charge is 2.43. The lowest BCUT2D eigenvalue weighted by Crippen LogP contribution is -2.36. The highest BCUT2D eigenvalue weighted by molar-refractivity contribution is 5.88. The average molecular weight is 554 g/mol. The number of ether oxygens (including phenoxy) is 2. The van der Waals surface area contributed by atoms with Crippen LogP contribution in [0.4, 0.5) is 22.0 Å². The molecule has 0 spiro atoms. The van der Waals surface area contributed by atoms with Gasteiger partial charge >= 0.3 is 12.1 Å². The van der Waals surface area contributed by atoms with Gasteiger partial charge in [0.15, 0.2) is 0 Å². The minimum absolute atomic E-state index is 0.0338. The third kappa shape index (κ3) is 5.88. The summed E-state index contributed by atoms with van der Waals surface area (Å²) in [6.07, 6.45) is -3.72. The van der Waals surface area contributed by atoms with Gasteiger partial charge in [-0.2, -0.15) is 13.2 Å². The summed E-state index contributed by atoms with van der Waals surface area (Å²) in [4.78, 5) is 14.6. The number of nitrogens with zero attached hydrogens (tertiary/aromatic N) is 1. The molecule has 1 saturated heterocycles. The summed E-state index contributed by atoms with van der Waals surface area (Å²) in [5.41, 5.74) is 0.704. The molecule has 4 unspecified atom stereocenters. The van der Waals surface area contributed by atoms with Crippen LogP contribution in [0.25, 0.3) is 10.8 Å². The molecule has 0 radical (unpaired) electrons. The van der Waals surface area contributed by atoms with E-state index in [0.29, 0.717) is 16.7 Å². The first-order valence-corrected chi connectivity index (χ1v) is 14.0. The van der Waals surface area contributed by atoms with Gasteiger partial charge in [0.2, 0.25) is 0 Å². The summed E-state index contributed by atoms with van der Waals surface area (Å²) < 4.78 is 79.0. The maximum Gasteiger partial charge on any atom is 0.391 e. The van der Waals surface area contributed by atoms with Gasteiger partial charge in [-0.1, -0.05) is 18.2 Å². The van der Waals surface area contributed by atoms with E-state index >= 15 is 0 Å². The zero-order valence-corrected chi connectivity index (χ0v) is 22.4. The van der Waals surface area contributed by atoms with Gasteiger partial charge in [0.05, 0.1) is 30.6 Å². The topological polar surface area (TPSA) is 38.8 Å². The standard InChI is InChI=1S/C30H36F5NO3/c1-17(36-16-18-3-4-21(29(37)38-2)14-23(36)13-18)20-6-5-19-7-12-26(27(28(31)32)25(19)15-20)39-24-10-8-22(9-11-24)30(33,34)35/h5-7,12,15,17-18,21-24,28H,3-4,8-11,13-14,16H2,1-2H3. The van der Waals surface area contributed by atoms with Gasteiger partial charge in [-0.15, -0.1) is 0 Å². The van der Waals surface area contributed by atoms with Crippen LogP contribution in [0.1, 0.15) is 81.9 Å². The number of halogens is 5. The number of benzene rings is 2. The molecule has 2 bridgehead atoms. The molecule has 39 heavy (non-hydrogen) atoms. The van der Waals surface area contributed by atoms with Crippen molar-refractivity contribution >= 4 is 16.7 Å². The van der Waals surface area contributed by atoms with Crippen molar-refractivity contribution in [3.63, 3.8) is 0 Å². The van der Waals surface area contributed by atoms with Crippen LogP contribution in [0.15, 0.2) is 30.3 Å². The monoisotopic (exact) mass is 553 g/mol. The van der Waals surface area contributed by atoms with Crippen molar-refractivity contribution in [3.8, 4) is 5.75 Å². The van der Waals surface area contributed by atoms with Crippen LogP contribution in [0.2, 0.25) is 0 Å². The number of likely N-dealkylation sites (tertiary alicyclic amines) is 1. The van der Waals surface area contributed by atoms with Crippen LogP contribution in [0.3, 0.4) is 0 Å². The van der Waals surface area contributed by atoms with Crippen molar-refractivity contribution in [1.29, 1.82) is 0 Å². The number of esters is 1. The first kappa shape index (κ1) is 28.1. The van der Waals surface area contributed by atoms with E-state index < -0.39 is 24.6 Å². The Kier molecular flexibility index (Phi) is 8.09. The molecule has 9 heteroatoms. The summed E-state index contributed by atoms with van der Waals surface area (Å²) in [6.45, 7) is 2.98. The SMILES string of the molecule is COC(=O)C1CCC2CC(C1)N(C(C)c1ccc3ccc(OC4CCC(C(F)(F)F)CC4)c(C(F)F)c3c1)C2. The lowest BCUT2D eigenvalue weighted by Gasteiger charge is -2.34. The molecule has 0 aromatic heterocycles. The first-order chi connectivity index (χ1) is 18.5. The molecule has 0 N–H and O–H groups in total. The highest BCUT2D eigenvalue weighted by atomic mass is 19.4. The third-order valence-electron chi connectivity index (χ3n) is 9.23. The van der Waals surface area contributed by atoms with Crippen molar-refractivity contribution in [2.45, 2.75) is 89.1 Å². The fourth-order valence-electron chi connectivity index (χ4n) is 7.03. The predicted octanol–water partition coefficient (Wildman–Crippen LogP) is 8.00. The zero-order valence-electron chi connectivity index (χ0n) is 22.4. The number of carbonyl (C=O) groups is 1. The number of hydrogen-bond donors (Lipinski definition) is 0. The van der Waals surface area contributed by atoms with Gasteiger partial charge < -0.3 is 9.47 Å². The van der Waals surface area contributed by atoms with E-state index in [1.165, 1.54) is 13.2 Å². The molecule has 2 aromatic rings. The van der Waals surface area contributed by atoms with E-state index in [1.807, 2.05) is 18.2 Å². The molecule has 2 saturated carbocycles. The Morgan fingerprint density at radius 2 is 1.72 bits per heavy atom. The number of fused-ring (bicyclic) bond motifs is 3. The molecule has 1 aliphatic heterocycles. The van der Waals surface area contributed by atoms with E-state index in [-0.39, 0.29) is 61.0 Å². The minimum Gasteiger partial charge on any atom is -0.490 e. The Labute approximate surface area is 225 Å². The number of carbonyl (C=O) groups excluding carboxylic acids is 1. The van der Waals surface area contributed by atoms with E-state index in [9.17, 15) is 26.7 Å². The van der Waals surface area contributed by atoms with Crippen LogP contribution >= 0.6 is 0 Å². The van der Waals surface area contributed by atoms with Gasteiger partial charge in [0.1, 0.15) is 5.75 Å². The lowest BCUT2D eigenvalue weighted by atomic mass is 9.87. The molecular formula is C30H36F5NO3. The smallest absolute Gasteiger partial charge is 0.391 e. The number of hydrogen-bond acceptors (Lipinski definition) is 4. The molecule has 1 heterocycles. The maximum atomic E-state index is 14.5. The van der Waals surface area contributed by atoms with E-state index in [4.69, 9.17) is 9.47 Å². The Morgan fingerprint density at radius 3 is 2.38 bits per heavy atom. The molecule has 3 aliphatic rings. The molecule has 214 valence electrons. The van der Waals surface area contributed by atoms with Crippen molar-refractivity contribution < 1.29 is 36.2 Å². The quantitative estimate of drug-likeness (QED) is 0.268. The van der Waals surface area contributed by atoms with E-state index in [2.05, 4.69) is 11.8 Å². The second kappa shape index (κ2) is 11.2. The summed E-state index contributed by atoms with van der Waals surface area (Å²) in [5, 5.41) is 1.07. The molecule has 4 nitrogen and oxygen atoms in total. The summed E-state index contributed by atoms with van der Waals surface area (Å²) in [6, 6.07) is 9.06. The summed E-state index contributed by atoms with van der Waals surface area (Å²) in [7, 11) is 1.42. The van der Waals surface area contributed by atoms with Crippen LogP contribution in [0, 0.1) is 17.8 Å². The van der Waals surface area contributed by atoms with Crippen molar-refractivity contribution in [2.75, 3.05) is 13.7 Å². The molecule has 3 fully saturated rings. The normalized spacial score (nSPS) is 28.9. The van der Waals surface area contributed by atoms with E-state index in [1.54, 1.807) is 6.07 Å². The fourth-order valence-corrected chi connectivity index (χ4v) is 7.03. The highest BCUT2D eigenvalue weighted by Crippen LogP contribution is 2.44. The van der Waals surface area contributed by atoms with Crippen LogP contribution < -0.4 is 4.74 Å². The van der Waals surface area contributed by atoms with Crippen LogP contribution in [-0.2, 0) is 9.53 Å². The maximum absolute atomic E-state index is 14.5. The molecule has 4 atom stereocenters. The first-order valence-electron chi connectivity index (χ1n) is 14.0. The number of alkyl halides is 5. The average Bonchev–Trinajstić information content (AvgIpc) is 3.18. The van der Waals surface area contributed by atoms with Crippen molar-refractivity contribution in [2.24, 2.45) is 17.8 Å². The van der Waals surface area contributed by atoms with Gasteiger partial charge in [-0.25, -0.2) is 8.78 Å². The third-order valence-corrected chi connectivity index (χ3v) is 9.23. The van der Waals surface area contributed by atoms with Gasteiger partial charge in [-0.05, 0) is 92.7 Å². The minimum atomic E-state index is -4.23. The number of methoxy groups -OCH3 is 1. The molecule has 2 aliphatic carbocycles. The van der Waals surface area contributed by atoms with Gasteiger partial charge in [-0.3, -0.25) is 9.69 Å². The van der Waals surface area contributed by atoms with E-state index in [0.717, 1.165) is 37.8 Å². The Bertz CT molecular complexity index is 1180. The molecular weight excluding hydrogens is 517 g/mol. The Morgan fingerprint density at radius 1 is 1.00 bits per heavy atom. The molecule has 5 rings (SSSR count). The second-order valence-corrected chi connectivity index (χ2v) is 11.6. The summed E-state index contributed by atoms with van der Waals surface area (Å²) >= 11 is 0. The molecule has 2 aromatic carbocycles. The zero-order chi connectivity index (χ0) is 27.9. The van der Waals surface area contributed by atoms with Gasteiger partial charge in [0, 0.05) is 18.6 Å². The Balaban J connectivity index is 1.38. The Hall–Kier alpha value is -2.42.